The lowest BCUT2D eigenvalue weighted by molar-refractivity contribution is -0.137. The Bertz CT molecular complexity index is 281. The monoisotopic (exact) mass is 286 g/mol. The van der Waals surface area contributed by atoms with Crippen molar-refractivity contribution in [3.05, 3.63) is 0 Å². The zero-order valence-corrected chi connectivity index (χ0v) is 13.3. The molecule has 0 saturated carbocycles. The van der Waals surface area contributed by atoms with E-state index in [4.69, 9.17) is 5.11 Å². The van der Waals surface area contributed by atoms with Gasteiger partial charge in [0, 0.05) is 26.1 Å². The van der Waals surface area contributed by atoms with Crippen LogP contribution < -0.4 is 5.32 Å². The molecular weight excluding hydrogens is 256 g/mol. The summed E-state index contributed by atoms with van der Waals surface area (Å²) in [5.74, 6) is 0.152. The molecule has 5 nitrogen and oxygen atoms in total. The van der Waals surface area contributed by atoms with Gasteiger partial charge in [-0.2, -0.15) is 0 Å². The molecule has 0 aromatic rings. The fourth-order valence-corrected chi connectivity index (χ4v) is 2.01. The SMILES string of the molecule is CC(C)CN(CC(C)C)C(=O)NCCCCCC(=O)O. The molecule has 2 N–H and O–H groups in total. The molecule has 0 radical (unpaired) electrons. The highest BCUT2D eigenvalue weighted by atomic mass is 16.4. The smallest absolute Gasteiger partial charge is 0.317 e. The van der Waals surface area contributed by atoms with Gasteiger partial charge in [-0.3, -0.25) is 4.79 Å². The van der Waals surface area contributed by atoms with Crippen LogP contribution in [0.2, 0.25) is 0 Å². The third kappa shape index (κ3) is 10.6. The van der Waals surface area contributed by atoms with Gasteiger partial charge in [-0.1, -0.05) is 34.1 Å². The Labute approximate surface area is 122 Å². The summed E-state index contributed by atoms with van der Waals surface area (Å²) in [6.45, 7) is 10.6. The molecule has 20 heavy (non-hydrogen) atoms. The standard InChI is InChI=1S/C15H30N2O3/c1-12(2)10-17(11-13(3)4)15(20)16-9-7-5-6-8-14(18)19/h12-13H,5-11H2,1-4H3,(H,16,20)(H,18,19). The number of carbonyl (C=O) groups is 2. The first-order valence-electron chi connectivity index (χ1n) is 7.57. The molecule has 0 spiro atoms. The summed E-state index contributed by atoms with van der Waals surface area (Å²) in [5.41, 5.74) is 0. The van der Waals surface area contributed by atoms with Gasteiger partial charge >= 0.3 is 12.0 Å². The lowest BCUT2D eigenvalue weighted by Gasteiger charge is -2.26. The Kier molecular flexibility index (Phi) is 9.86. The van der Waals surface area contributed by atoms with Gasteiger partial charge in [0.15, 0.2) is 0 Å². The van der Waals surface area contributed by atoms with E-state index in [1.54, 1.807) is 0 Å². The maximum absolute atomic E-state index is 12.1. The average molecular weight is 286 g/mol. The summed E-state index contributed by atoms with van der Waals surface area (Å²) in [6, 6.07) is -0.00867. The van der Waals surface area contributed by atoms with E-state index in [1.165, 1.54) is 0 Å². The zero-order chi connectivity index (χ0) is 15.5. The van der Waals surface area contributed by atoms with Crippen LogP contribution in [0.3, 0.4) is 0 Å². The summed E-state index contributed by atoms with van der Waals surface area (Å²) < 4.78 is 0. The molecule has 0 saturated heterocycles. The molecule has 0 aromatic carbocycles. The maximum Gasteiger partial charge on any atom is 0.317 e. The van der Waals surface area contributed by atoms with Crippen molar-refractivity contribution in [2.45, 2.75) is 53.4 Å². The molecular formula is C15H30N2O3. The minimum Gasteiger partial charge on any atom is -0.481 e. The maximum atomic E-state index is 12.1. The van der Waals surface area contributed by atoms with Crippen molar-refractivity contribution >= 4 is 12.0 Å². The number of hydrogen-bond acceptors (Lipinski definition) is 2. The lowest BCUT2D eigenvalue weighted by atomic mass is 10.1. The number of nitrogens with one attached hydrogen (secondary N) is 1. The fraction of sp³-hybridized carbons (Fsp3) is 0.867. The van der Waals surface area contributed by atoms with Crippen molar-refractivity contribution in [2.24, 2.45) is 11.8 Å². The van der Waals surface area contributed by atoms with E-state index < -0.39 is 5.97 Å². The predicted octanol–water partition coefficient (Wildman–Crippen LogP) is 2.96. The van der Waals surface area contributed by atoms with E-state index in [0.717, 1.165) is 25.9 Å². The van der Waals surface area contributed by atoms with Crippen molar-refractivity contribution < 1.29 is 14.7 Å². The van der Waals surface area contributed by atoms with Gasteiger partial charge in [-0.25, -0.2) is 4.79 Å². The predicted molar refractivity (Wildman–Crippen MR) is 80.8 cm³/mol. The molecule has 0 aliphatic heterocycles. The zero-order valence-electron chi connectivity index (χ0n) is 13.3. The Hall–Kier alpha value is -1.26. The van der Waals surface area contributed by atoms with Crippen LogP contribution in [0.4, 0.5) is 4.79 Å². The third-order valence-electron chi connectivity index (χ3n) is 2.80. The molecule has 0 atom stereocenters. The van der Waals surface area contributed by atoms with Gasteiger partial charge in [-0.05, 0) is 24.7 Å². The summed E-state index contributed by atoms with van der Waals surface area (Å²) in [5, 5.41) is 11.4. The number of unbranched alkanes of at least 4 members (excludes halogenated alkanes) is 2. The van der Waals surface area contributed by atoms with E-state index >= 15 is 0 Å². The van der Waals surface area contributed by atoms with Gasteiger partial charge in [0.25, 0.3) is 0 Å². The molecule has 0 aliphatic rings. The van der Waals surface area contributed by atoms with Crippen LogP contribution in [0, 0.1) is 11.8 Å². The minimum atomic E-state index is -0.755. The van der Waals surface area contributed by atoms with E-state index in [9.17, 15) is 9.59 Å². The molecule has 0 aromatic heterocycles. The van der Waals surface area contributed by atoms with E-state index in [2.05, 4.69) is 33.0 Å². The number of urea groups is 1. The quantitative estimate of drug-likeness (QED) is 0.607. The van der Waals surface area contributed by atoms with Crippen LogP contribution in [-0.4, -0.2) is 41.6 Å². The van der Waals surface area contributed by atoms with Crippen molar-refractivity contribution in [3.63, 3.8) is 0 Å². The van der Waals surface area contributed by atoms with Crippen LogP contribution in [-0.2, 0) is 4.79 Å². The summed E-state index contributed by atoms with van der Waals surface area (Å²) in [6.07, 6.45) is 2.55. The van der Waals surface area contributed by atoms with E-state index in [0.29, 0.717) is 24.8 Å². The Morgan fingerprint density at radius 2 is 1.55 bits per heavy atom. The summed E-state index contributed by atoms with van der Waals surface area (Å²) in [4.78, 5) is 24.3. The van der Waals surface area contributed by atoms with Gasteiger partial charge in [0.1, 0.15) is 0 Å². The van der Waals surface area contributed by atoms with Crippen molar-refractivity contribution in [2.75, 3.05) is 19.6 Å². The molecule has 0 heterocycles. The lowest BCUT2D eigenvalue weighted by Crippen LogP contribution is -2.43. The largest absolute Gasteiger partial charge is 0.481 e. The topological polar surface area (TPSA) is 69.6 Å². The molecule has 0 unspecified atom stereocenters. The van der Waals surface area contributed by atoms with Crippen molar-refractivity contribution in [1.82, 2.24) is 10.2 Å². The molecule has 0 bridgehead atoms. The Morgan fingerprint density at radius 1 is 1.00 bits per heavy atom. The number of carboxylic acid groups (broad SMARTS) is 1. The molecule has 0 aliphatic carbocycles. The number of rotatable bonds is 10. The van der Waals surface area contributed by atoms with Crippen molar-refractivity contribution in [3.8, 4) is 0 Å². The first-order chi connectivity index (χ1) is 9.32. The van der Waals surface area contributed by atoms with Gasteiger partial charge in [0.05, 0.1) is 0 Å². The average Bonchev–Trinajstić information content (AvgIpc) is 2.30. The number of amides is 2. The molecule has 0 fully saturated rings. The third-order valence-corrected chi connectivity index (χ3v) is 2.80. The van der Waals surface area contributed by atoms with Gasteiger partial charge in [0.2, 0.25) is 0 Å². The number of carboxylic acids is 1. The van der Waals surface area contributed by atoms with Gasteiger partial charge < -0.3 is 15.3 Å². The van der Waals surface area contributed by atoms with Crippen LogP contribution in [0.25, 0.3) is 0 Å². The minimum absolute atomic E-state index is 0.00867. The van der Waals surface area contributed by atoms with Crippen LogP contribution in [0.15, 0.2) is 0 Å². The highest BCUT2D eigenvalue weighted by molar-refractivity contribution is 5.74. The number of hydrogen-bond donors (Lipinski definition) is 2. The first kappa shape index (κ1) is 18.7. The van der Waals surface area contributed by atoms with E-state index in [1.807, 2.05) is 4.90 Å². The van der Waals surface area contributed by atoms with Crippen LogP contribution in [0.5, 0.6) is 0 Å². The Balaban J connectivity index is 3.91. The second-order valence-electron chi connectivity index (χ2n) is 6.13. The Morgan fingerprint density at radius 3 is 2.00 bits per heavy atom. The molecule has 5 heteroatoms. The van der Waals surface area contributed by atoms with E-state index in [-0.39, 0.29) is 12.5 Å². The van der Waals surface area contributed by atoms with Gasteiger partial charge in [-0.15, -0.1) is 0 Å². The highest BCUT2D eigenvalue weighted by Gasteiger charge is 2.15. The second-order valence-corrected chi connectivity index (χ2v) is 6.13. The molecule has 0 rings (SSSR count). The van der Waals surface area contributed by atoms with Crippen LogP contribution in [0.1, 0.15) is 53.4 Å². The summed E-state index contributed by atoms with van der Waals surface area (Å²) >= 11 is 0. The highest BCUT2D eigenvalue weighted by Crippen LogP contribution is 2.04. The number of carbonyl (C=O) groups excluding carboxylic acids is 1. The second kappa shape index (κ2) is 10.5. The first-order valence-corrected chi connectivity index (χ1v) is 7.57. The van der Waals surface area contributed by atoms with Crippen molar-refractivity contribution in [1.29, 1.82) is 0 Å². The molecule has 2 amide bonds. The number of aliphatic carboxylic acids is 1. The number of nitrogens with zero attached hydrogens (tertiary/aromatic N) is 1. The normalized spacial score (nSPS) is 10.9. The molecule has 118 valence electrons. The fourth-order valence-electron chi connectivity index (χ4n) is 2.01. The summed E-state index contributed by atoms with van der Waals surface area (Å²) in [7, 11) is 0. The van der Waals surface area contributed by atoms with Crippen LogP contribution >= 0.6 is 0 Å².